The Morgan fingerprint density at radius 3 is 2.45 bits per heavy atom. The molecule has 1 amide bonds. The summed E-state index contributed by atoms with van der Waals surface area (Å²) in [7, 11) is 0. The van der Waals surface area contributed by atoms with Gasteiger partial charge in [-0.3, -0.25) is 4.79 Å². The van der Waals surface area contributed by atoms with Crippen molar-refractivity contribution >= 4 is 5.91 Å². The number of hydrogen-bond donors (Lipinski definition) is 4. The fourth-order valence-electron chi connectivity index (χ4n) is 2.71. The smallest absolute Gasteiger partial charge is 0.255 e. The average molecular weight is 278 g/mol. The zero-order chi connectivity index (χ0) is 14.5. The average Bonchev–Trinajstić information content (AvgIpc) is 2.41. The number of rotatable bonds is 4. The normalized spacial score (nSPS) is 22.4. The van der Waals surface area contributed by atoms with Gasteiger partial charge in [-0.1, -0.05) is 6.92 Å². The third-order valence-corrected chi connectivity index (χ3v) is 3.78. The zero-order valence-corrected chi connectivity index (χ0v) is 11.7. The Morgan fingerprint density at radius 2 is 1.85 bits per heavy atom. The largest absolute Gasteiger partial charge is 0.508 e. The van der Waals surface area contributed by atoms with Crippen LogP contribution in [0.25, 0.3) is 0 Å². The molecule has 1 aromatic carbocycles. The molecule has 110 valence electrons. The van der Waals surface area contributed by atoms with E-state index in [-0.39, 0.29) is 29.0 Å². The summed E-state index contributed by atoms with van der Waals surface area (Å²) in [5.41, 5.74) is 0.205. The molecule has 1 aromatic rings. The van der Waals surface area contributed by atoms with Crippen LogP contribution in [-0.4, -0.2) is 34.7 Å². The molecule has 1 aliphatic carbocycles. The number of carbonyl (C=O) groups excluding carboxylic acids is 1. The molecule has 0 aromatic heterocycles. The summed E-state index contributed by atoms with van der Waals surface area (Å²) in [6.07, 6.45) is 4.01. The minimum Gasteiger partial charge on any atom is -0.508 e. The monoisotopic (exact) mass is 278 g/mol. The van der Waals surface area contributed by atoms with Gasteiger partial charge in [-0.2, -0.15) is 0 Å². The van der Waals surface area contributed by atoms with Gasteiger partial charge in [0, 0.05) is 18.2 Å². The van der Waals surface area contributed by atoms with Gasteiger partial charge in [0.2, 0.25) is 0 Å². The number of aromatic hydroxyl groups is 2. The van der Waals surface area contributed by atoms with Crippen LogP contribution >= 0.6 is 0 Å². The highest BCUT2D eigenvalue weighted by Gasteiger charge is 2.23. The van der Waals surface area contributed by atoms with E-state index in [9.17, 15) is 15.0 Å². The van der Waals surface area contributed by atoms with Gasteiger partial charge in [-0.05, 0) is 44.4 Å². The van der Waals surface area contributed by atoms with E-state index in [1.807, 2.05) is 0 Å². The summed E-state index contributed by atoms with van der Waals surface area (Å²) in [6.45, 7) is 3.07. The minimum absolute atomic E-state index is 0.0507. The lowest BCUT2D eigenvalue weighted by Gasteiger charge is -2.29. The maximum Gasteiger partial charge on any atom is 0.255 e. The molecule has 0 heterocycles. The van der Waals surface area contributed by atoms with E-state index < -0.39 is 0 Å². The molecule has 1 aliphatic rings. The van der Waals surface area contributed by atoms with Crippen molar-refractivity contribution < 1.29 is 15.0 Å². The minimum atomic E-state index is -0.283. The van der Waals surface area contributed by atoms with Crippen molar-refractivity contribution in [3.8, 4) is 11.5 Å². The van der Waals surface area contributed by atoms with Crippen LogP contribution in [0.4, 0.5) is 0 Å². The Bertz CT molecular complexity index is 468. The predicted molar refractivity (Wildman–Crippen MR) is 77.0 cm³/mol. The number of amides is 1. The highest BCUT2D eigenvalue weighted by molar-refractivity contribution is 5.97. The van der Waals surface area contributed by atoms with Crippen molar-refractivity contribution in [1.82, 2.24) is 10.6 Å². The third kappa shape index (κ3) is 3.63. The molecular formula is C15H22N2O3. The van der Waals surface area contributed by atoms with Gasteiger partial charge in [-0.15, -0.1) is 0 Å². The van der Waals surface area contributed by atoms with Crippen LogP contribution in [0.1, 0.15) is 43.0 Å². The molecular weight excluding hydrogens is 256 g/mol. The molecule has 20 heavy (non-hydrogen) atoms. The molecule has 4 N–H and O–H groups in total. The van der Waals surface area contributed by atoms with Crippen LogP contribution in [-0.2, 0) is 0 Å². The van der Waals surface area contributed by atoms with Gasteiger partial charge in [0.1, 0.15) is 11.5 Å². The summed E-state index contributed by atoms with van der Waals surface area (Å²) in [5, 5.41) is 25.3. The Hall–Kier alpha value is -1.75. The molecule has 0 unspecified atom stereocenters. The molecule has 2 rings (SSSR count). The highest BCUT2D eigenvalue weighted by atomic mass is 16.3. The summed E-state index contributed by atoms with van der Waals surface area (Å²) in [5.74, 6) is -0.525. The maximum absolute atomic E-state index is 12.1. The van der Waals surface area contributed by atoms with Crippen molar-refractivity contribution in [2.24, 2.45) is 0 Å². The van der Waals surface area contributed by atoms with Crippen LogP contribution in [0, 0.1) is 0 Å². The molecule has 1 saturated carbocycles. The van der Waals surface area contributed by atoms with Crippen molar-refractivity contribution in [2.45, 2.75) is 44.7 Å². The maximum atomic E-state index is 12.1. The first-order chi connectivity index (χ1) is 9.60. The Morgan fingerprint density at radius 1 is 1.20 bits per heavy atom. The van der Waals surface area contributed by atoms with Gasteiger partial charge >= 0.3 is 0 Å². The van der Waals surface area contributed by atoms with E-state index in [1.54, 1.807) is 0 Å². The lowest BCUT2D eigenvalue weighted by atomic mass is 9.91. The first-order valence-corrected chi connectivity index (χ1v) is 7.16. The molecule has 0 aliphatic heterocycles. The van der Waals surface area contributed by atoms with Crippen molar-refractivity contribution in [3.63, 3.8) is 0 Å². The van der Waals surface area contributed by atoms with Crippen molar-refractivity contribution in [3.05, 3.63) is 23.8 Å². The molecule has 5 nitrogen and oxygen atoms in total. The van der Waals surface area contributed by atoms with Gasteiger partial charge in [-0.25, -0.2) is 0 Å². The summed E-state index contributed by atoms with van der Waals surface area (Å²) in [4.78, 5) is 12.1. The Kier molecular flexibility index (Phi) is 4.84. The molecule has 0 atom stereocenters. The van der Waals surface area contributed by atoms with E-state index in [0.29, 0.717) is 6.04 Å². The standard InChI is InChI=1S/C15H22N2O3/c1-2-16-10-3-5-11(6-4-10)17-15(20)13-8-7-12(18)9-14(13)19/h7-11,16,18-19H,2-6H2,1H3,(H,17,20). The second-order valence-electron chi connectivity index (χ2n) is 5.28. The fourth-order valence-corrected chi connectivity index (χ4v) is 2.71. The van der Waals surface area contributed by atoms with Crippen LogP contribution < -0.4 is 10.6 Å². The summed E-state index contributed by atoms with van der Waals surface area (Å²) < 4.78 is 0. The zero-order valence-electron chi connectivity index (χ0n) is 11.7. The topological polar surface area (TPSA) is 81.6 Å². The summed E-state index contributed by atoms with van der Waals surface area (Å²) in [6, 6.07) is 4.72. The van der Waals surface area contributed by atoms with Crippen molar-refractivity contribution in [2.75, 3.05) is 6.54 Å². The van der Waals surface area contributed by atoms with Crippen molar-refractivity contribution in [1.29, 1.82) is 0 Å². The predicted octanol–water partition coefficient (Wildman–Crippen LogP) is 1.75. The van der Waals surface area contributed by atoms with Crippen LogP contribution in [0.2, 0.25) is 0 Å². The molecule has 5 heteroatoms. The first-order valence-electron chi connectivity index (χ1n) is 7.16. The fraction of sp³-hybridized carbons (Fsp3) is 0.533. The van der Waals surface area contributed by atoms with E-state index in [2.05, 4.69) is 17.6 Å². The lowest BCUT2D eigenvalue weighted by molar-refractivity contribution is 0.0921. The number of carbonyl (C=O) groups is 1. The highest BCUT2D eigenvalue weighted by Crippen LogP contribution is 2.24. The summed E-state index contributed by atoms with van der Waals surface area (Å²) >= 11 is 0. The van der Waals surface area contributed by atoms with E-state index in [4.69, 9.17) is 0 Å². The number of hydrogen-bond acceptors (Lipinski definition) is 4. The molecule has 0 bridgehead atoms. The molecule has 0 spiro atoms. The SMILES string of the molecule is CCNC1CCC(NC(=O)c2ccc(O)cc2O)CC1. The number of phenolic OH excluding ortho intramolecular Hbond substituents is 2. The third-order valence-electron chi connectivity index (χ3n) is 3.78. The quantitative estimate of drug-likeness (QED) is 0.676. The van der Waals surface area contributed by atoms with Gasteiger partial charge in [0.05, 0.1) is 5.56 Å². The van der Waals surface area contributed by atoms with Crippen LogP contribution in [0.3, 0.4) is 0 Å². The van der Waals surface area contributed by atoms with Gasteiger partial charge in [0.25, 0.3) is 5.91 Å². The van der Waals surface area contributed by atoms with Crippen LogP contribution in [0.5, 0.6) is 11.5 Å². The first kappa shape index (κ1) is 14.7. The second-order valence-corrected chi connectivity index (χ2v) is 5.28. The van der Waals surface area contributed by atoms with E-state index in [1.165, 1.54) is 18.2 Å². The van der Waals surface area contributed by atoms with Crippen LogP contribution in [0.15, 0.2) is 18.2 Å². The second kappa shape index (κ2) is 6.61. The number of benzene rings is 1. The Balaban J connectivity index is 1.89. The number of nitrogens with one attached hydrogen (secondary N) is 2. The van der Waals surface area contributed by atoms with E-state index in [0.717, 1.165) is 32.2 Å². The van der Waals surface area contributed by atoms with Gasteiger partial charge in [0.15, 0.2) is 0 Å². The molecule has 0 radical (unpaired) electrons. The molecule has 1 fully saturated rings. The van der Waals surface area contributed by atoms with E-state index >= 15 is 0 Å². The number of phenols is 2. The van der Waals surface area contributed by atoms with Gasteiger partial charge < -0.3 is 20.8 Å². The molecule has 0 saturated heterocycles. The lowest BCUT2D eigenvalue weighted by Crippen LogP contribution is -2.42. The Labute approximate surface area is 119 Å².